The lowest BCUT2D eigenvalue weighted by molar-refractivity contribution is -0.670. The molecule has 0 amide bonds. The Morgan fingerprint density at radius 3 is 0.440 bits per heavy atom. The summed E-state index contributed by atoms with van der Waals surface area (Å²) in [5.41, 5.74) is 22.6. The smallest absolute Gasteiger partial charge is 0.248 e. The van der Waals surface area contributed by atoms with Gasteiger partial charge >= 0.3 is 0 Å². The number of fused-ring (bicyclic) bond motifs is 16. The molecule has 4 aromatic heterocycles. The maximum atomic E-state index is 6.77. The third-order valence-corrected chi connectivity index (χ3v) is 20.5. The number of para-hydroxylation sites is 4. The van der Waals surface area contributed by atoms with Gasteiger partial charge in [0.05, 0.1) is 113 Å². The minimum absolute atomic E-state index is 0. The molecule has 16 bridgehead atoms. The molecule has 16 nitrogen and oxygen atoms in total. The Hall–Kier alpha value is -4.60. The second-order valence-corrected chi connectivity index (χ2v) is 35.6. The van der Waals surface area contributed by atoms with E-state index in [0.29, 0.717) is 104 Å². The van der Waals surface area contributed by atoms with E-state index in [9.17, 15) is 0 Å². The summed E-state index contributed by atoms with van der Waals surface area (Å²) in [5.74, 6) is 7.58. The maximum Gasteiger partial charge on any atom is 0.248 e. The van der Waals surface area contributed by atoms with Crippen molar-refractivity contribution in [2.75, 3.05) is 84.9 Å². The molecular weight excluding hydrogens is 2400 g/mol. The van der Waals surface area contributed by atoms with Crippen LogP contribution in [0.4, 0.5) is 0 Å². The number of benzene rings is 8. The summed E-state index contributed by atoms with van der Waals surface area (Å²) in [6.45, 7) is 22.4. The molecule has 0 saturated carbocycles. The van der Waals surface area contributed by atoms with E-state index in [1.807, 2.05) is 0 Å². The van der Waals surface area contributed by atoms with Gasteiger partial charge in [0.2, 0.25) is 25.3 Å². The highest BCUT2D eigenvalue weighted by molar-refractivity contribution is 6.42. The molecule has 2 aliphatic carbocycles. The first-order chi connectivity index (χ1) is 63.2. The highest BCUT2D eigenvalue weighted by Gasteiger charge is 2.29. The minimum Gasteiger partial charge on any atom is -1.00 e. The third-order valence-electron chi connectivity index (χ3n) is 20.5. The Bertz CT molecular complexity index is 4540. The first kappa shape index (κ1) is 124. The normalized spacial score (nSPS) is 11.2. The molecule has 0 radical (unpaired) electrons. The monoisotopic (exact) mass is 2520 g/mol. The summed E-state index contributed by atoms with van der Waals surface area (Å²) in [6, 6.07) is 44.9. The molecule has 32 heteroatoms. The largest absolute Gasteiger partial charge is 1.00 e. The van der Waals surface area contributed by atoms with Gasteiger partial charge in [0.25, 0.3) is 0 Å². The van der Waals surface area contributed by atoms with Crippen molar-refractivity contribution in [3.63, 3.8) is 0 Å². The summed E-state index contributed by atoms with van der Waals surface area (Å²) in [5, 5.41) is 1.17. The van der Waals surface area contributed by atoms with E-state index >= 15 is 0 Å². The van der Waals surface area contributed by atoms with Crippen molar-refractivity contribution in [2.45, 2.75) is 158 Å². The molecule has 0 fully saturated rings. The van der Waals surface area contributed by atoms with Crippen LogP contribution in [0.3, 0.4) is 0 Å². The summed E-state index contributed by atoms with van der Waals surface area (Å²) in [7, 11) is 8.23. The predicted molar refractivity (Wildman–Crippen MR) is 542 cm³/mol. The van der Waals surface area contributed by atoms with Gasteiger partial charge in [-0.2, -0.15) is 0 Å². The predicted octanol–water partition coefficient (Wildman–Crippen LogP) is 14.0. The summed E-state index contributed by atoms with van der Waals surface area (Å²) < 4.78 is 71.2. The van der Waals surface area contributed by atoms with Crippen LogP contribution in [0, 0.1) is 0 Å². The van der Waals surface area contributed by atoms with Crippen LogP contribution in [0.25, 0.3) is 22.7 Å². The molecule has 4 heterocycles. The van der Waals surface area contributed by atoms with E-state index in [2.05, 4.69) is 316 Å². The zero-order valence-corrected chi connectivity index (χ0v) is 96.3. The van der Waals surface area contributed by atoms with Crippen LogP contribution in [0.5, 0.6) is 46.0 Å². The highest BCUT2D eigenvalue weighted by atomic mass is 127. The van der Waals surface area contributed by atoms with Crippen LogP contribution in [0.15, 0.2) is 196 Å². The fraction of sp³-hybridized carbons (Fsp3) is 0.412. The van der Waals surface area contributed by atoms with Gasteiger partial charge in [-0.05, 0) is 144 Å². The van der Waals surface area contributed by atoms with E-state index in [-0.39, 0.29) is 128 Å². The number of nitrogens with zero attached hydrogens (tertiary/aromatic N) is 8. The Balaban J connectivity index is 0.000000572. The average molecular weight is 2530 g/mol. The Morgan fingerprint density at radius 1 is 0.216 bits per heavy atom. The van der Waals surface area contributed by atoms with Gasteiger partial charge < -0.3 is 134 Å². The lowest BCUT2D eigenvalue weighted by atomic mass is 9.90. The van der Waals surface area contributed by atoms with E-state index in [0.717, 1.165) is 209 Å². The van der Waals surface area contributed by atoms with E-state index < -0.39 is 0 Å². The number of rotatable bonds is 28. The van der Waals surface area contributed by atoms with Gasteiger partial charge in [-0.15, -0.1) is 139 Å². The summed E-state index contributed by atoms with van der Waals surface area (Å²) in [4.78, 5) is 0. The number of ether oxygens (including phenoxy) is 8. The van der Waals surface area contributed by atoms with Crippen LogP contribution in [0.1, 0.15) is 196 Å². The van der Waals surface area contributed by atoms with Gasteiger partial charge in [-0.3, -0.25) is 0 Å². The van der Waals surface area contributed by atoms with Crippen molar-refractivity contribution >= 4 is 139 Å². The summed E-state index contributed by atoms with van der Waals surface area (Å²) >= 11 is 57.2. The van der Waals surface area contributed by atoms with Crippen molar-refractivity contribution in [2.24, 2.45) is 28.2 Å². The van der Waals surface area contributed by atoms with Gasteiger partial charge in [-0.25, -0.2) is 36.5 Å². The molecule has 134 heavy (non-hydrogen) atoms. The molecule has 0 spiro atoms. The van der Waals surface area contributed by atoms with Gasteiger partial charge in [0, 0.05) is 95.9 Å². The second-order valence-electron chi connectivity index (χ2n) is 30.7. The van der Waals surface area contributed by atoms with Crippen molar-refractivity contribution in [3.8, 4) is 68.7 Å². The van der Waals surface area contributed by atoms with Crippen LogP contribution in [0.2, 0.25) is 0 Å². The number of hydrogen-bond acceptors (Lipinski definition) is 8. The lowest BCUT2D eigenvalue weighted by Crippen LogP contribution is -3.00. The quantitative estimate of drug-likeness (QED) is 0.0271. The third kappa shape index (κ3) is 38.0. The average Bonchev–Trinajstić information content (AvgIpc) is 1.01. The molecule has 0 atom stereocenters. The van der Waals surface area contributed by atoms with E-state index in [1.165, 1.54) is 0 Å². The molecule has 736 valence electrons. The Morgan fingerprint density at radius 2 is 0.336 bits per heavy atom. The van der Waals surface area contributed by atoms with Crippen LogP contribution in [-0.2, 0) is 79.6 Å². The molecule has 0 N–H and O–H groups in total. The Labute approximate surface area is 924 Å². The number of hydrogen-bond donors (Lipinski definition) is 0. The number of imidazole rings is 4. The van der Waals surface area contributed by atoms with Gasteiger partial charge in [0.15, 0.2) is 0 Å². The van der Waals surface area contributed by atoms with Crippen molar-refractivity contribution in [1.29, 1.82) is 0 Å². The number of halogens is 16. The molecule has 0 saturated heterocycles. The van der Waals surface area contributed by atoms with E-state index in [1.54, 1.807) is 0 Å². The van der Waals surface area contributed by atoms with Gasteiger partial charge in [-0.1, -0.05) is 128 Å². The molecule has 2 aliphatic rings. The summed E-state index contributed by atoms with van der Waals surface area (Å²) in [6.07, 6.45) is 37.8. The second kappa shape index (κ2) is 69.3. The van der Waals surface area contributed by atoms with Crippen LogP contribution < -0.4 is 152 Å². The van der Waals surface area contributed by atoms with Crippen LogP contribution >= 0.6 is 139 Å². The highest BCUT2D eigenvalue weighted by Crippen LogP contribution is 2.44. The molecule has 8 aromatic carbocycles. The van der Waals surface area contributed by atoms with Gasteiger partial charge in [0.1, 0.15) is 118 Å². The molecule has 14 rings (SSSR count). The van der Waals surface area contributed by atoms with Crippen molar-refractivity contribution in [3.05, 3.63) is 285 Å². The lowest BCUT2D eigenvalue weighted by Gasteiger charge is -2.23. The fourth-order valence-electron chi connectivity index (χ4n) is 15.4. The first-order valence-electron chi connectivity index (χ1n) is 44.2. The standard InChI is InChI=1S/2C48H58N4O4.6CH2Cl2.4HI/c2*1-7-21-53-45-35-13-11-14-36(45)26-40-30-44(52-20-18-50(6)34-52)32-42(48(40)56-24-10-4)28-38-16-12-15-37(46(38)54-22-8-2)27-41-31-43(51-19-17-49(5)33-51)29-39(25-35)47(41)55-23-9-3;6*2-1-3;;;;/h2*11-20,29-34H,7-10,21-28H2,1-6H3;6*1H2;4*1H/q2*+2;;;;;;;;;;/p-4. The minimum atomic E-state index is 0. The maximum absolute atomic E-state index is 6.77. The van der Waals surface area contributed by atoms with Crippen molar-refractivity contribution < 1.29 is 152 Å². The molecular formula is C102H128Cl12I4N8O8. The molecule has 0 aliphatic heterocycles. The first-order valence-corrected chi connectivity index (χ1v) is 50.6. The topological polar surface area (TPSA) is 109 Å². The zero-order valence-electron chi connectivity index (χ0n) is 78.6. The Kier molecular flexibility index (Phi) is 63.9. The molecule has 0 unspecified atom stereocenters. The number of aryl methyl sites for hydroxylation is 4. The van der Waals surface area contributed by atoms with E-state index in [4.69, 9.17) is 177 Å². The fourth-order valence-corrected chi connectivity index (χ4v) is 15.4. The molecule has 12 aromatic rings. The number of aromatic nitrogens is 8. The SMILES string of the molecule is CCCOc1c2cccc1Cc1cc(-n3cc[n+](C)c3)cc(c1OCCC)Cc1cccc(c1OCCC)Cc1cc(-n3cc[n+](C)c3)cc(c1OCCC)C2.CCCOc1c2cccc1Cc1cc(-n3cc[n+](C)c3)cc(c1OCCC)Cc1cccc(c1OCCC)Cc1cc(-n3cc[n+](C)c3)cc(c1OCCC)C2.ClCCl.ClCCl.ClCCl.ClCCl.ClCCl.ClCCl.[I-].[I-].[I-].[I-]. The zero-order chi connectivity index (χ0) is 94.3. The number of alkyl halides is 12. The van der Waals surface area contributed by atoms with Crippen LogP contribution in [-0.4, -0.2) is 103 Å². The van der Waals surface area contributed by atoms with Crippen molar-refractivity contribution in [1.82, 2.24) is 18.3 Å².